The summed E-state index contributed by atoms with van der Waals surface area (Å²) in [5.41, 5.74) is 2.62. The number of hydroxylamine groups is 1. The van der Waals surface area contributed by atoms with Crippen molar-refractivity contribution in [3.8, 4) is 11.5 Å². The zero-order chi connectivity index (χ0) is 20.1. The fourth-order valence-corrected chi connectivity index (χ4v) is 2.93. The van der Waals surface area contributed by atoms with E-state index < -0.39 is 5.91 Å². The standard InChI is InChI=1S/C20H21FN2O5/c1-13-12-28-18-10-14(20(25)22-26)2-3-15(18)11-23(13)19(24)8-9-27-17-6-4-16(21)5-7-17/h2-7,10,13,26H,8-9,11-12H2,1H3,(H,22,25)/t13-/m0/s1. The largest absolute Gasteiger partial charge is 0.493 e. The fraction of sp³-hybridized carbons (Fsp3) is 0.300. The SMILES string of the molecule is C[C@H]1COc2cc(C(=O)NO)ccc2CN1C(=O)CCOc1ccc(F)cc1. The van der Waals surface area contributed by atoms with Crippen molar-refractivity contribution in [1.29, 1.82) is 0 Å². The maximum absolute atomic E-state index is 12.9. The molecule has 28 heavy (non-hydrogen) atoms. The van der Waals surface area contributed by atoms with Crippen LogP contribution in [-0.4, -0.2) is 41.2 Å². The van der Waals surface area contributed by atoms with Crippen LogP contribution in [0, 0.1) is 5.82 Å². The molecule has 0 fully saturated rings. The van der Waals surface area contributed by atoms with Crippen LogP contribution in [-0.2, 0) is 11.3 Å². The molecule has 2 aromatic carbocycles. The van der Waals surface area contributed by atoms with Gasteiger partial charge in [0, 0.05) is 17.7 Å². The Morgan fingerprint density at radius 1 is 1.29 bits per heavy atom. The third kappa shape index (κ3) is 4.58. The number of hydrogen-bond acceptors (Lipinski definition) is 5. The monoisotopic (exact) mass is 388 g/mol. The summed E-state index contributed by atoms with van der Waals surface area (Å²) in [6.45, 7) is 2.68. The highest BCUT2D eigenvalue weighted by molar-refractivity contribution is 5.93. The van der Waals surface area contributed by atoms with Crippen molar-refractivity contribution in [2.75, 3.05) is 13.2 Å². The third-order valence-corrected chi connectivity index (χ3v) is 4.50. The molecule has 0 aromatic heterocycles. The van der Waals surface area contributed by atoms with Crippen molar-refractivity contribution in [3.05, 3.63) is 59.4 Å². The molecule has 0 saturated heterocycles. The molecule has 0 spiro atoms. The van der Waals surface area contributed by atoms with Crippen molar-refractivity contribution in [2.45, 2.75) is 25.9 Å². The second-order valence-corrected chi connectivity index (χ2v) is 6.50. The number of hydrogen-bond donors (Lipinski definition) is 2. The molecule has 2 N–H and O–H groups in total. The minimum Gasteiger partial charge on any atom is -0.493 e. The molecule has 2 aromatic rings. The average Bonchev–Trinajstić information content (AvgIpc) is 2.87. The van der Waals surface area contributed by atoms with E-state index in [4.69, 9.17) is 14.7 Å². The van der Waals surface area contributed by atoms with E-state index in [-0.39, 0.29) is 43.0 Å². The predicted molar refractivity (Wildman–Crippen MR) is 97.7 cm³/mol. The van der Waals surface area contributed by atoms with Gasteiger partial charge >= 0.3 is 0 Å². The highest BCUT2D eigenvalue weighted by Crippen LogP contribution is 2.27. The summed E-state index contributed by atoms with van der Waals surface area (Å²) < 4.78 is 24.1. The number of halogens is 1. The Morgan fingerprint density at radius 3 is 2.75 bits per heavy atom. The van der Waals surface area contributed by atoms with Crippen molar-refractivity contribution < 1.29 is 28.7 Å². The molecule has 0 aliphatic carbocycles. The van der Waals surface area contributed by atoms with Crippen LogP contribution < -0.4 is 15.0 Å². The molecule has 0 radical (unpaired) electrons. The summed E-state index contributed by atoms with van der Waals surface area (Å²) in [7, 11) is 0. The molecule has 1 aliphatic heterocycles. The number of amides is 2. The molecule has 0 bridgehead atoms. The maximum atomic E-state index is 12.9. The van der Waals surface area contributed by atoms with Crippen molar-refractivity contribution >= 4 is 11.8 Å². The van der Waals surface area contributed by atoms with Crippen molar-refractivity contribution in [3.63, 3.8) is 0 Å². The molecule has 3 rings (SSSR count). The predicted octanol–water partition coefficient (Wildman–Crippen LogP) is 2.52. The fourth-order valence-electron chi connectivity index (χ4n) is 2.93. The topological polar surface area (TPSA) is 88.1 Å². The number of carbonyl (C=O) groups is 2. The van der Waals surface area contributed by atoms with Gasteiger partial charge in [-0.15, -0.1) is 0 Å². The first-order chi connectivity index (χ1) is 13.5. The summed E-state index contributed by atoms with van der Waals surface area (Å²) >= 11 is 0. The first-order valence-corrected chi connectivity index (χ1v) is 8.86. The minimum atomic E-state index is -0.630. The van der Waals surface area contributed by atoms with Crippen LogP contribution in [0.5, 0.6) is 11.5 Å². The first kappa shape index (κ1) is 19.6. The lowest BCUT2D eigenvalue weighted by Gasteiger charge is -2.26. The maximum Gasteiger partial charge on any atom is 0.274 e. The van der Waals surface area contributed by atoms with E-state index in [2.05, 4.69) is 0 Å². The Labute approximate surface area is 161 Å². The quantitative estimate of drug-likeness (QED) is 0.607. The second-order valence-electron chi connectivity index (χ2n) is 6.50. The van der Waals surface area contributed by atoms with Gasteiger partial charge in [0.05, 0.1) is 19.1 Å². The van der Waals surface area contributed by atoms with E-state index in [1.54, 1.807) is 28.6 Å². The molecule has 8 heteroatoms. The van der Waals surface area contributed by atoms with E-state index in [0.29, 0.717) is 18.0 Å². The molecule has 1 aliphatic rings. The van der Waals surface area contributed by atoms with Crippen LogP contribution in [0.4, 0.5) is 4.39 Å². The molecule has 1 atom stereocenters. The van der Waals surface area contributed by atoms with E-state index in [1.807, 2.05) is 6.92 Å². The number of fused-ring (bicyclic) bond motifs is 1. The number of rotatable bonds is 5. The number of carbonyl (C=O) groups excluding carboxylic acids is 2. The van der Waals surface area contributed by atoms with Gasteiger partial charge in [-0.1, -0.05) is 6.07 Å². The van der Waals surface area contributed by atoms with Gasteiger partial charge in [-0.05, 0) is 43.3 Å². The van der Waals surface area contributed by atoms with Crippen LogP contribution in [0.3, 0.4) is 0 Å². The lowest BCUT2D eigenvalue weighted by atomic mass is 10.1. The summed E-state index contributed by atoms with van der Waals surface area (Å²) in [5.74, 6) is -0.0646. The molecule has 0 saturated carbocycles. The van der Waals surface area contributed by atoms with Crippen LogP contribution in [0.15, 0.2) is 42.5 Å². The van der Waals surface area contributed by atoms with E-state index in [0.717, 1.165) is 5.56 Å². The Hall–Kier alpha value is -3.13. The van der Waals surface area contributed by atoms with Gasteiger partial charge in [-0.3, -0.25) is 14.8 Å². The number of nitrogens with one attached hydrogen (secondary N) is 1. The summed E-state index contributed by atoms with van der Waals surface area (Å²) in [5, 5.41) is 8.76. The lowest BCUT2D eigenvalue weighted by molar-refractivity contribution is -0.134. The Kier molecular flexibility index (Phi) is 6.10. The van der Waals surface area contributed by atoms with E-state index in [1.165, 1.54) is 24.3 Å². The molecule has 148 valence electrons. The first-order valence-electron chi connectivity index (χ1n) is 8.86. The van der Waals surface area contributed by atoms with E-state index in [9.17, 15) is 14.0 Å². The summed E-state index contributed by atoms with van der Waals surface area (Å²) in [6, 6.07) is 10.3. The molecule has 0 unspecified atom stereocenters. The third-order valence-electron chi connectivity index (χ3n) is 4.50. The second kappa shape index (κ2) is 8.71. The van der Waals surface area contributed by atoms with E-state index >= 15 is 0 Å². The Bertz CT molecular complexity index is 856. The Morgan fingerprint density at radius 2 is 2.04 bits per heavy atom. The molecular weight excluding hydrogens is 367 g/mol. The highest BCUT2D eigenvalue weighted by atomic mass is 19.1. The summed E-state index contributed by atoms with van der Waals surface area (Å²) in [6.07, 6.45) is 0.169. The van der Waals surface area contributed by atoms with Gasteiger partial charge in [0.1, 0.15) is 23.9 Å². The zero-order valence-corrected chi connectivity index (χ0v) is 15.4. The zero-order valence-electron chi connectivity index (χ0n) is 15.4. The van der Waals surface area contributed by atoms with Gasteiger partial charge in [-0.25, -0.2) is 9.87 Å². The van der Waals surface area contributed by atoms with Gasteiger partial charge in [0.25, 0.3) is 5.91 Å². The minimum absolute atomic E-state index is 0.0942. The lowest BCUT2D eigenvalue weighted by Crippen LogP contribution is -2.40. The number of benzene rings is 2. The van der Waals surface area contributed by atoms with Crippen molar-refractivity contribution in [1.82, 2.24) is 10.4 Å². The van der Waals surface area contributed by atoms with Crippen molar-refractivity contribution in [2.24, 2.45) is 0 Å². The average molecular weight is 388 g/mol. The van der Waals surface area contributed by atoms with Crippen LogP contribution in [0.2, 0.25) is 0 Å². The highest BCUT2D eigenvalue weighted by Gasteiger charge is 2.26. The van der Waals surface area contributed by atoms with Gasteiger partial charge < -0.3 is 14.4 Å². The molecule has 7 nitrogen and oxygen atoms in total. The van der Waals surface area contributed by atoms with Gasteiger partial charge in [0.2, 0.25) is 5.91 Å². The molecule has 1 heterocycles. The van der Waals surface area contributed by atoms with Crippen LogP contribution in [0.1, 0.15) is 29.3 Å². The normalized spacial score (nSPS) is 15.8. The van der Waals surface area contributed by atoms with Crippen LogP contribution >= 0.6 is 0 Å². The van der Waals surface area contributed by atoms with Gasteiger partial charge in [-0.2, -0.15) is 0 Å². The van der Waals surface area contributed by atoms with Crippen LogP contribution in [0.25, 0.3) is 0 Å². The smallest absolute Gasteiger partial charge is 0.274 e. The Balaban J connectivity index is 1.63. The number of ether oxygens (including phenoxy) is 2. The summed E-state index contributed by atoms with van der Waals surface area (Å²) in [4.78, 5) is 25.9. The number of nitrogens with zero attached hydrogens (tertiary/aromatic N) is 1. The van der Waals surface area contributed by atoms with Gasteiger partial charge in [0.15, 0.2) is 0 Å². The molecular formula is C20H21FN2O5. The molecule has 2 amide bonds.